The van der Waals surface area contributed by atoms with E-state index < -0.39 is 0 Å². The van der Waals surface area contributed by atoms with Crippen LogP contribution in [0.25, 0.3) is 99.4 Å². The molecule has 0 radical (unpaired) electrons. The van der Waals surface area contributed by atoms with Crippen LogP contribution in [-0.2, 0) is 0 Å². The molecule has 0 amide bonds. The van der Waals surface area contributed by atoms with Crippen molar-refractivity contribution < 1.29 is 0 Å². The van der Waals surface area contributed by atoms with Crippen LogP contribution in [0.1, 0.15) is 17.9 Å². The molecule has 10 aromatic rings. The molecule has 252 valence electrons. The molecule has 0 nitrogen and oxygen atoms in total. The molecule has 0 aromatic heterocycles. The predicted octanol–water partition coefficient (Wildman–Crippen LogP) is 13.2. The van der Waals surface area contributed by atoms with E-state index in [1.807, 2.05) is 0 Å². The molecule has 1 aliphatic carbocycles. The SMILES string of the molecule is C1=c2c(c3c4ccccc4c(-c4ccc(-c5ccccc5)cc4-c4ccccc4)c4cc5cccc(c6cccc2c6)c5cc43)=CCC1c1ccccc1. The summed E-state index contributed by atoms with van der Waals surface area (Å²) in [6.07, 6.45) is 6.03. The van der Waals surface area contributed by atoms with Crippen molar-refractivity contribution in [1.29, 1.82) is 0 Å². The van der Waals surface area contributed by atoms with E-state index in [2.05, 4.69) is 200 Å². The summed E-state index contributed by atoms with van der Waals surface area (Å²) in [7, 11) is 0. The molecule has 54 heavy (non-hydrogen) atoms. The zero-order chi connectivity index (χ0) is 35.6. The third kappa shape index (κ3) is 4.91. The topological polar surface area (TPSA) is 0 Å². The average molecular weight is 685 g/mol. The van der Waals surface area contributed by atoms with Crippen molar-refractivity contribution in [2.75, 3.05) is 0 Å². The minimum absolute atomic E-state index is 0.309. The molecule has 0 heteroatoms. The highest BCUT2D eigenvalue weighted by molar-refractivity contribution is 6.28. The van der Waals surface area contributed by atoms with Gasteiger partial charge in [-0.25, -0.2) is 0 Å². The third-order valence-electron chi connectivity index (χ3n) is 11.7. The molecule has 1 aliphatic rings. The molecule has 0 fully saturated rings. The quantitative estimate of drug-likeness (QED) is 0.162. The van der Waals surface area contributed by atoms with Crippen LogP contribution in [0.4, 0.5) is 0 Å². The average Bonchev–Trinajstić information content (AvgIpc) is 3.25. The minimum atomic E-state index is 0.309. The monoisotopic (exact) mass is 684 g/mol. The van der Waals surface area contributed by atoms with Crippen LogP contribution in [0, 0.1) is 0 Å². The van der Waals surface area contributed by atoms with E-state index in [1.54, 1.807) is 0 Å². The maximum absolute atomic E-state index is 2.54. The van der Waals surface area contributed by atoms with Gasteiger partial charge in [-0.1, -0.05) is 176 Å². The minimum Gasteiger partial charge on any atom is -0.0751 e. The van der Waals surface area contributed by atoms with Gasteiger partial charge >= 0.3 is 0 Å². The molecule has 4 bridgehead atoms. The van der Waals surface area contributed by atoms with Crippen molar-refractivity contribution in [1.82, 2.24) is 0 Å². The van der Waals surface area contributed by atoms with Crippen LogP contribution in [-0.4, -0.2) is 0 Å². The van der Waals surface area contributed by atoms with Gasteiger partial charge in [0.25, 0.3) is 0 Å². The van der Waals surface area contributed by atoms with Gasteiger partial charge in [0.1, 0.15) is 0 Å². The second-order valence-corrected chi connectivity index (χ2v) is 14.7. The Hall–Kier alpha value is -6.76. The molecule has 0 heterocycles. The van der Waals surface area contributed by atoms with Crippen molar-refractivity contribution >= 4 is 66.0 Å². The van der Waals surface area contributed by atoms with E-state index in [0.717, 1.165) is 6.42 Å². The fourth-order valence-electron chi connectivity index (χ4n) is 9.20. The van der Waals surface area contributed by atoms with Gasteiger partial charge in [-0.3, -0.25) is 0 Å². The van der Waals surface area contributed by atoms with Gasteiger partial charge in [0.15, 0.2) is 0 Å². The molecule has 1 atom stereocenters. The summed E-state index contributed by atoms with van der Waals surface area (Å²) < 4.78 is 0. The maximum atomic E-state index is 2.54. The second-order valence-electron chi connectivity index (χ2n) is 14.7. The fraction of sp³-hybridized carbons (Fsp3) is 0.0370. The zero-order valence-electron chi connectivity index (χ0n) is 29.8. The number of fused-ring (bicyclic) bond motifs is 8. The van der Waals surface area contributed by atoms with E-state index in [0.29, 0.717) is 5.92 Å². The lowest BCUT2D eigenvalue weighted by Gasteiger charge is -2.21. The Morgan fingerprint density at radius 1 is 0.352 bits per heavy atom. The Labute approximate surface area is 314 Å². The van der Waals surface area contributed by atoms with E-state index in [9.17, 15) is 0 Å². The molecule has 1 unspecified atom stereocenters. The summed E-state index contributed by atoms with van der Waals surface area (Å²) in [4.78, 5) is 0. The highest BCUT2D eigenvalue weighted by atomic mass is 14.2. The van der Waals surface area contributed by atoms with Crippen LogP contribution in [0.15, 0.2) is 188 Å². The van der Waals surface area contributed by atoms with Gasteiger partial charge in [-0.2, -0.15) is 0 Å². The van der Waals surface area contributed by atoms with Crippen molar-refractivity contribution in [2.24, 2.45) is 0 Å². The van der Waals surface area contributed by atoms with Gasteiger partial charge in [0.05, 0.1) is 0 Å². The summed E-state index contributed by atoms with van der Waals surface area (Å²) in [5, 5.41) is 15.5. The van der Waals surface area contributed by atoms with Crippen molar-refractivity contribution in [3.8, 4) is 33.4 Å². The summed E-state index contributed by atoms with van der Waals surface area (Å²) in [5.74, 6) is 0.309. The van der Waals surface area contributed by atoms with Gasteiger partial charge in [0.2, 0.25) is 0 Å². The lowest BCUT2D eigenvalue weighted by atomic mass is 9.82. The second kappa shape index (κ2) is 12.4. The van der Waals surface area contributed by atoms with Crippen LogP contribution >= 0.6 is 0 Å². The molecule has 0 aliphatic heterocycles. The molecule has 11 rings (SSSR count). The van der Waals surface area contributed by atoms with Crippen molar-refractivity contribution in [3.63, 3.8) is 0 Å². The maximum Gasteiger partial charge on any atom is 0.00622 e. The lowest BCUT2D eigenvalue weighted by Crippen LogP contribution is -2.29. The molecular formula is C54H36. The first kappa shape index (κ1) is 30.8. The Kier molecular flexibility index (Phi) is 7.10. The van der Waals surface area contributed by atoms with Gasteiger partial charge in [0, 0.05) is 5.92 Å². The molecular weight excluding hydrogens is 649 g/mol. The van der Waals surface area contributed by atoms with E-state index >= 15 is 0 Å². The Bertz CT molecular complexity index is 3210. The van der Waals surface area contributed by atoms with E-state index in [1.165, 1.54) is 103 Å². The molecule has 0 saturated carbocycles. The largest absolute Gasteiger partial charge is 0.0751 e. The highest BCUT2D eigenvalue weighted by Crippen LogP contribution is 2.45. The lowest BCUT2D eigenvalue weighted by molar-refractivity contribution is 0.924. The first-order chi connectivity index (χ1) is 26.8. The van der Waals surface area contributed by atoms with Gasteiger partial charge < -0.3 is 0 Å². The van der Waals surface area contributed by atoms with Gasteiger partial charge in [-0.05, 0) is 134 Å². The molecule has 10 aromatic carbocycles. The van der Waals surface area contributed by atoms with Crippen molar-refractivity contribution in [3.05, 3.63) is 204 Å². The smallest absolute Gasteiger partial charge is 0.00622 e. The summed E-state index contributed by atoms with van der Waals surface area (Å²) >= 11 is 0. The number of rotatable bonds is 4. The zero-order valence-corrected chi connectivity index (χ0v) is 29.8. The van der Waals surface area contributed by atoms with Gasteiger partial charge in [-0.15, -0.1) is 0 Å². The first-order valence-electron chi connectivity index (χ1n) is 19.0. The Balaban J connectivity index is 1.35. The standard InChI is InChI=1S/C54H36/c1-4-14-35(15-5-1)38-26-28-46(48(31-38)37-18-8-3-9-19-37)53-44-23-10-11-24-45(44)54-47-29-27-39(36-16-6-2-7-17-36)32-49(47)41-21-12-20-40(30-41)43-25-13-22-42-33-51(53)52(54)34-50(42)43/h1-26,28-34,39H,27H2. The van der Waals surface area contributed by atoms with E-state index in [-0.39, 0.29) is 0 Å². The first-order valence-corrected chi connectivity index (χ1v) is 19.0. The predicted molar refractivity (Wildman–Crippen MR) is 232 cm³/mol. The fourth-order valence-corrected chi connectivity index (χ4v) is 9.20. The van der Waals surface area contributed by atoms with Crippen LogP contribution < -0.4 is 10.4 Å². The normalized spacial score (nSPS) is 14.0. The Morgan fingerprint density at radius 3 is 1.80 bits per heavy atom. The van der Waals surface area contributed by atoms with Crippen molar-refractivity contribution in [2.45, 2.75) is 12.3 Å². The van der Waals surface area contributed by atoms with E-state index in [4.69, 9.17) is 0 Å². The number of benzene rings is 9. The molecule has 0 saturated heterocycles. The third-order valence-corrected chi connectivity index (χ3v) is 11.7. The Morgan fingerprint density at radius 2 is 1.00 bits per heavy atom. The number of hydrogen-bond acceptors (Lipinski definition) is 0. The molecule has 0 N–H and O–H groups in total. The van der Waals surface area contributed by atoms with Crippen LogP contribution in [0.5, 0.6) is 0 Å². The molecule has 0 spiro atoms. The highest BCUT2D eigenvalue weighted by Gasteiger charge is 2.20. The number of hydrogen-bond donors (Lipinski definition) is 0. The summed E-state index contributed by atoms with van der Waals surface area (Å²) in [6.45, 7) is 0. The van der Waals surface area contributed by atoms with Crippen LogP contribution in [0.2, 0.25) is 0 Å². The summed E-state index contributed by atoms with van der Waals surface area (Å²) in [5.41, 5.74) is 8.79. The summed E-state index contributed by atoms with van der Waals surface area (Å²) in [6, 6.07) is 69.9. The van der Waals surface area contributed by atoms with Crippen LogP contribution in [0.3, 0.4) is 0 Å².